The second-order valence-electron chi connectivity index (χ2n) is 3.02. The lowest BCUT2D eigenvalue weighted by molar-refractivity contribution is 0.299. The highest BCUT2D eigenvalue weighted by Crippen LogP contribution is 2.20. The first-order chi connectivity index (χ1) is 7.31. The van der Waals surface area contributed by atoms with Crippen molar-refractivity contribution in [2.45, 2.75) is 6.42 Å². The van der Waals surface area contributed by atoms with Gasteiger partial charge >= 0.3 is 0 Å². The molecule has 0 heterocycles. The molecule has 0 radical (unpaired) electrons. The van der Waals surface area contributed by atoms with Gasteiger partial charge in [-0.3, -0.25) is 0 Å². The average Bonchev–Trinajstić information content (AvgIpc) is 2.27. The van der Waals surface area contributed by atoms with E-state index in [0.29, 0.717) is 24.3 Å². The van der Waals surface area contributed by atoms with Gasteiger partial charge in [0, 0.05) is 6.61 Å². The Bertz CT molecular complexity index is 380. The zero-order valence-corrected chi connectivity index (χ0v) is 8.44. The van der Waals surface area contributed by atoms with Crippen LogP contribution in [-0.4, -0.2) is 18.3 Å². The first-order valence-corrected chi connectivity index (χ1v) is 4.69. The van der Waals surface area contributed by atoms with Gasteiger partial charge in [0.15, 0.2) is 0 Å². The second kappa shape index (κ2) is 5.84. The first kappa shape index (κ1) is 11.3. The Kier molecular flexibility index (Phi) is 4.39. The molecule has 1 rings (SSSR count). The molecule has 0 atom stereocenters. The van der Waals surface area contributed by atoms with Crippen molar-refractivity contribution in [2.75, 3.05) is 13.2 Å². The predicted octanol–water partition coefficient (Wildman–Crippen LogP) is 1.66. The molecule has 78 valence electrons. The number of nitrogens with zero attached hydrogens (tertiary/aromatic N) is 1. The second-order valence-corrected chi connectivity index (χ2v) is 3.02. The highest BCUT2D eigenvalue weighted by molar-refractivity contribution is 5.45. The largest absolute Gasteiger partial charge is 0.488 e. The molecule has 0 aliphatic heterocycles. The maximum Gasteiger partial charge on any atom is 0.137 e. The molecule has 0 saturated heterocycles. The zero-order valence-electron chi connectivity index (χ0n) is 8.44. The topological polar surface area (TPSA) is 53.2 Å². The summed E-state index contributed by atoms with van der Waals surface area (Å²) in [7, 11) is 0. The van der Waals surface area contributed by atoms with E-state index in [1.807, 2.05) is 6.07 Å². The van der Waals surface area contributed by atoms with Crippen molar-refractivity contribution in [2.24, 2.45) is 0 Å². The number of aliphatic hydroxyl groups excluding tert-OH is 1. The summed E-state index contributed by atoms with van der Waals surface area (Å²) in [6, 6.07) is 7.34. The molecule has 0 aliphatic carbocycles. The fraction of sp³-hybridized carbons (Fsp3) is 0.250. The highest BCUT2D eigenvalue weighted by atomic mass is 16.5. The van der Waals surface area contributed by atoms with Gasteiger partial charge in [0.25, 0.3) is 0 Å². The Morgan fingerprint density at radius 2 is 2.33 bits per heavy atom. The van der Waals surface area contributed by atoms with Crippen LogP contribution in [0.25, 0.3) is 0 Å². The summed E-state index contributed by atoms with van der Waals surface area (Å²) in [4.78, 5) is 0. The lowest BCUT2D eigenvalue weighted by atomic mass is 10.1. The Morgan fingerprint density at radius 3 is 2.93 bits per heavy atom. The molecule has 0 saturated carbocycles. The SMILES string of the molecule is C=CCOc1cc(CCO)ccc1C#N. The molecule has 0 unspecified atom stereocenters. The minimum absolute atomic E-state index is 0.0901. The molecule has 0 aromatic heterocycles. The van der Waals surface area contributed by atoms with Gasteiger partial charge in [-0.2, -0.15) is 5.26 Å². The normalized spacial score (nSPS) is 9.33. The van der Waals surface area contributed by atoms with Crippen LogP contribution in [0.3, 0.4) is 0 Å². The third kappa shape index (κ3) is 3.12. The van der Waals surface area contributed by atoms with Crippen molar-refractivity contribution in [1.82, 2.24) is 0 Å². The quantitative estimate of drug-likeness (QED) is 0.740. The van der Waals surface area contributed by atoms with Crippen molar-refractivity contribution in [1.29, 1.82) is 5.26 Å². The molecule has 1 aromatic rings. The fourth-order valence-electron chi connectivity index (χ4n) is 1.21. The molecule has 0 fully saturated rings. The Labute approximate surface area is 89.2 Å². The summed E-state index contributed by atoms with van der Waals surface area (Å²) in [5, 5.41) is 17.6. The number of aliphatic hydroxyl groups is 1. The van der Waals surface area contributed by atoms with Crippen molar-refractivity contribution >= 4 is 0 Å². The minimum Gasteiger partial charge on any atom is -0.488 e. The molecule has 0 amide bonds. The molecule has 0 bridgehead atoms. The number of nitriles is 1. The van der Waals surface area contributed by atoms with Crippen LogP contribution in [0, 0.1) is 11.3 Å². The summed E-state index contributed by atoms with van der Waals surface area (Å²) in [6.07, 6.45) is 2.19. The van der Waals surface area contributed by atoms with Gasteiger partial charge in [-0.1, -0.05) is 18.7 Å². The third-order valence-electron chi connectivity index (χ3n) is 1.92. The van der Waals surface area contributed by atoms with Crippen molar-refractivity contribution < 1.29 is 9.84 Å². The molecule has 1 aromatic carbocycles. The van der Waals surface area contributed by atoms with Crippen LogP contribution in [0.1, 0.15) is 11.1 Å². The molecular weight excluding hydrogens is 190 g/mol. The van der Waals surface area contributed by atoms with Gasteiger partial charge in [0.05, 0.1) is 5.56 Å². The van der Waals surface area contributed by atoms with Crippen LogP contribution in [0.15, 0.2) is 30.9 Å². The summed E-state index contributed by atoms with van der Waals surface area (Å²) in [5.74, 6) is 0.545. The summed E-state index contributed by atoms with van der Waals surface area (Å²) in [5.41, 5.74) is 1.45. The number of hydrogen-bond acceptors (Lipinski definition) is 3. The number of ether oxygens (including phenoxy) is 1. The fourth-order valence-corrected chi connectivity index (χ4v) is 1.21. The van der Waals surface area contributed by atoms with E-state index in [1.54, 1.807) is 18.2 Å². The summed E-state index contributed by atoms with van der Waals surface area (Å²) < 4.78 is 5.34. The van der Waals surface area contributed by atoms with E-state index in [1.165, 1.54) is 0 Å². The molecular formula is C12H13NO2. The van der Waals surface area contributed by atoms with Crippen LogP contribution in [0.4, 0.5) is 0 Å². The van der Waals surface area contributed by atoms with Crippen LogP contribution >= 0.6 is 0 Å². The van der Waals surface area contributed by atoms with Crippen molar-refractivity contribution in [3.05, 3.63) is 42.0 Å². The summed E-state index contributed by atoms with van der Waals surface area (Å²) >= 11 is 0. The molecule has 3 heteroatoms. The van der Waals surface area contributed by atoms with Crippen LogP contribution < -0.4 is 4.74 Å². The lowest BCUT2D eigenvalue weighted by Gasteiger charge is -2.07. The monoisotopic (exact) mass is 203 g/mol. The Balaban J connectivity index is 2.92. The molecule has 0 spiro atoms. The van der Waals surface area contributed by atoms with Crippen LogP contribution in [0.5, 0.6) is 5.75 Å². The first-order valence-electron chi connectivity index (χ1n) is 4.69. The molecule has 0 aliphatic rings. The van der Waals surface area contributed by atoms with E-state index in [4.69, 9.17) is 15.1 Å². The summed E-state index contributed by atoms with van der Waals surface area (Å²) in [6.45, 7) is 4.00. The van der Waals surface area contributed by atoms with Gasteiger partial charge in [0.2, 0.25) is 0 Å². The van der Waals surface area contributed by atoms with Gasteiger partial charge in [-0.15, -0.1) is 0 Å². The van der Waals surface area contributed by atoms with Gasteiger partial charge < -0.3 is 9.84 Å². The van der Waals surface area contributed by atoms with Crippen LogP contribution in [-0.2, 0) is 6.42 Å². The maximum atomic E-state index is 8.83. The van der Waals surface area contributed by atoms with Gasteiger partial charge in [-0.25, -0.2) is 0 Å². The Morgan fingerprint density at radius 1 is 1.53 bits per heavy atom. The van der Waals surface area contributed by atoms with E-state index in [0.717, 1.165) is 5.56 Å². The predicted molar refractivity (Wildman–Crippen MR) is 57.6 cm³/mol. The van der Waals surface area contributed by atoms with Crippen molar-refractivity contribution in [3.8, 4) is 11.8 Å². The van der Waals surface area contributed by atoms with E-state index >= 15 is 0 Å². The molecule has 3 nitrogen and oxygen atoms in total. The Hall–Kier alpha value is -1.79. The molecule has 1 N–H and O–H groups in total. The van der Waals surface area contributed by atoms with E-state index in [9.17, 15) is 0 Å². The minimum atomic E-state index is 0.0901. The van der Waals surface area contributed by atoms with Gasteiger partial charge in [-0.05, 0) is 24.1 Å². The lowest BCUT2D eigenvalue weighted by Crippen LogP contribution is -1.98. The molecule has 15 heavy (non-hydrogen) atoms. The highest BCUT2D eigenvalue weighted by Gasteiger charge is 2.03. The smallest absolute Gasteiger partial charge is 0.137 e. The van der Waals surface area contributed by atoms with E-state index < -0.39 is 0 Å². The van der Waals surface area contributed by atoms with E-state index in [2.05, 4.69) is 12.6 Å². The number of hydrogen-bond donors (Lipinski definition) is 1. The van der Waals surface area contributed by atoms with E-state index in [-0.39, 0.29) is 6.61 Å². The van der Waals surface area contributed by atoms with Gasteiger partial charge in [0.1, 0.15) is 18.4 Å². The maximum absolute atomic E-state index is 8.83. The third-order valence-corrected chi connectivity index (χ3v) is 1.92. The van der Waals surface area contributed by atoms with Crippen molar-refractivity contribution in [3.63, 3.8) is 0 Å². The zero-order chi connectivity index (χ0) is 11.1. The van der Waals surface area contributed by atoms with Crippen LogP contribution in [0.2, 0.25) is 0 Å². The number of rotatable bonds is 5. The average molecular weight is 203 g/mol. The standard InChI is InChI=1S/C12H13NO2/c1-2-7-15-12-8-10(5-6-14)3-4-11(12)9-13/h2-4,8,14H,1,5-7H2. The number of benzene rings is 1.